The van der Waals surface area contributed by atoms with Crippen LogP contribution in [-0.4, -0.2) is 52.2 Å². The van der Waals surface area contributed by atoms with E-state index in [1.807, 2.05) is 6.92 Å². The Morgan fingerprint density at radius 2 is 2.00 bits per heavy atom. The van der Waals surface area contributed by atoms with Gasteiger partial charge in [-0.2, -0.15) is 13.5 Å². The van der Waals surface area contributed by atoms with Gasteiger partial charge in [-0.15, -0.1) is 0 Å². The summed E-state index contributed by atoms with van der Waals surface area (Å²) in [4.78, 5) is 16.1. The molecule has 2 aliphatic heterocycles. The molecule has 1 fully saturated rings. The molecule has 3 aliphatic rings. The molecule has 2 aromatic rings. The number of halogens is 1. The van der Waals surface area contributed by atoms with Gasteiger partial charge in [-0.1, -0.05) is 0 Å². The Bertz CT molecular complexity index is 1360. The maximum atomic E-state index is 14.6. The first-order valence-electron chi connectivity index (χ1n) is 12.1. The number of aromatic nitrogens is 2. The summed E-state index contributed by atoms with van der Waals surface area (Å²) < 4.78 is 59.1. The molecular formula is C24H30FN5O6S. The summed E-state index contributed by atoms with van der Waals surface area (Å²) in [7, 11) is -4.81. The molecule has 37 heavy (non-hydrogen) atoms. The van der Waals surface area contributed by atoms with Gasteiger partial charge in [-0.05, 0) is 70.2 Å². The number of carbonyl (C=O) groups is 1. The molecule has 1 aromatic heterocycles. The molecule has 1 amide bonds. The molecule has 1 aliphatic carbocycles. The number of hydrogen-bond donors (Lipinski definition) is 2. The standard InChI is InChI=1S/C24H30FN5O6S/c1-14-20-19(9-11-28(14)23(31)35-24(2,3)4)27-30(16-7-8-18(25)17(13-16)15-5-6-15)21(20)29-12-10-26-22(29)36-37(32,33)34/h7-8,10,12-15,22,26H,5-6,9,11H2,1-4H3,(H,32,33,34)/t14-,22?/m0/s1. The lowest BCUT2D eigenvalue weighted by Crippen LogP contribution is -2.44. The van der Waals surface area contributed by atoms with Crippen molar-refractivity contribution in [1.82, 2.24) is 20.0 Å². The number of nitrogens with zero attached hydrogens (tertiary/aromatic N) is 4. The van der Waals surface area contributed by atoms with Gasteiger partial charge in [0.1, 0.15) is 17.2 Å². The quantitative estimate of drug-likeness (QED) is 0.551. The maximum absolute atomic E-state index is 14.6. The van der Waals surface area contributed by atoms with Crippen molar-refractivity contribution in [2.24, 2.45) is 0 Å². The molecule has 1 aromatic carbocycles. The lowest BCUT2D eigenvalue weighted by molar-refractivity contribution is 0.0159. The number of fused-ring (bicyclic) bond motifs is 1. The zero-order chi connectivity index (χ0) is 26.7. The Labute approximate surface area is 214 Å². The lowest BCUT2D eigenvalue weighted by Gasteiger charge is -2.36. The summed E-state index contributed by atoms with van der Waals surface area (Å²) in [5.41, 5.74) is 1.85. The first-order chi connectivity index (χ1) is 17.3. The minimum absolute atomic E-state index is 0.152. The third-order valence-electron chi connectivity index (χ3n) is 6.50. The maximum Gasteiger partial charge on any atom is 0.410 e. The van der Waals surface area contributed by atoms with Crippen LogP contribution < -0.4 is 10.2 Å². The van der Waals surface area contributed by atoms with E-state index in [1.165, 1.54) is 17.2 Å². The first-order valence-corrected chi connectivity index (χ1v) is 13.5. The van der Waals surface area contributed by atoms with Crippen LogP contribution in [0.25, 0.3) is 5.69 Å². The molecule has 3 heterocycles. The molecule has 5 rings (SSSR count). The third kappa shape index (κ3) is 5.15. The van der Waals surface area contributed by atoms with Crippen LogP contribution >= 0.6 is 0 Å². The van der Waals surface area contributed by atoms with Gasteiger partial charge in [0.2, 0.25) is 6.35 Å². The van der Waals surface area contributed by atoms with Crippen LogP contribution in [0.2, 0.25) is 0 Å². The molecule has 1 unspecified atom stereocenters. The molecule has 0 spiro atoms. The zero-order valence-electron chi connectivity index (χ0n) is 21.0. The molecule has 200 valence electrons. The van der Waals surface area contributed by atoms with Gasteiger partial charge in [0.25, 0.3) is 0 Å². The average molecular weight is 536 g/mol. The molecule has 0 bridgehead atoms. The highest BCUT2D eigenvalue weighted by atomic mass is 32.3. The topological polar surface area (TPSA) is 126 Å². The predicted octanol–water partition coefficient (Wildman–Crippen LogP) is 3.73. The molecule has 1 saturated carbocycles. The molecule has 0 saturated heterocycles. The van der Waals surface area contributed by atoms with Crippen LogP contribution in [0.1, 0.15) is 69.3 Å². The van der Waals surface area contributed by atoms with Gasteiger partial charge in [-0.25, -0.2) is 18.0 Å². The number of amides is 1. The fourth-order valence-corrected chi connectivity index (χ4v) is 5.14. The Morgan fingerprint density at radius 3 is 2.65 bits per heavy atom. The Hall–Kier alpha value is -3.16. The minimum atomic E-state index is -4.81. The predicted molar refractivity (Wildman–Crippen MR) is 132 cm³/mol. The van der Waals surface area contributed by atoms with E-state index < -0.39 is 34.5 Å². The summed E-state index contributed by atoms with van der Waals surface area (Å²) in [6, 6.07) is 4.25. The second kappa shape index (κ2) is 8.99. The third-order valence-corrected chi connectivity index (χ3v) is 6.93. The fourth-order valence-electron chi connectivity index (χ4n) is 4.76. The molecule has 2 atom stereocenters. The van der Waals surface area contributed by atoms with Crippen LogP contribution in [0, 0.1) is 5.82 Å². The van der Waals surface area contributed by atoms with Gasteiger partial charge in [-0.3, -0.25) is 9.45 Å². The van der Waals surface area contributed by atoms with Crippen molar-refractivity contribution >= 4 is 22.3 Å². The Balaban J connectivity index is 1.63. The number of nitrogens with one attached hydrogen (secondary N) is 1. The number of anilines is 1. The number of hydrogen-bond acceptors (Lipinski definition) is 8. The van der Waals surface area contributed by atoms with Crippen molar-refractivity contribution in [2.45, 2.75) is 70.9 Å². The highest BCUT2D eigenvalue weighted by Gasteiger charge is 2.40. The summed E-state index contributed by atoms with van der Waals surface area (Å²) in [6.07, 6.45) is 3.48. The second-order valence-corrected chi connectivity index (χ2v) is 11.5. The second-order valence-electron chi connectivity index (χ2n) is 10.4. The van der Waals surface area contributed by atoms with Crippen LogP contribution in [0.15, 0.2) is 30.6 Å². The highest BCUT2D eigenvalue weighted by Crippen LogP contribution is 2.44. The number of carbonyl (C=O) groups excluding carboxylic acids is 1. The van der Waals surface area contributed by atoms with Gasteiger partial charge in [0.05, 0.1) is 17.4 Å². The van der Waals surface area contributed by atoms with E-state index >= 15 is 0 Å². The molecule has 13 heteroatoms. The normalized spacial score (nSPS) is 21.7. The van der Waals surface area contributed by atoms with Crippen LogP contribution in [0.4, 0.5) is 15.0 Å². The summed E-state index contributed by atoms with van der Waals surface area (Å²) >= 11 is 0. The van der Waals surface area contributed by atoms with Gasteiger partial charge in [0.15, 0.2) is 0 Å². The van der Waals surface area contributed by atoms with Crippen LogP contribution in [0.5, 0.6) is 0 Å². The van der Waals surface area contributed by atoms with E-state index in [2.05, 4.69) is 5.32 Å². The SMILES string of the molecule is C[C@H]1c2c(nn(-c3ccc(F)c(C4CC4)c3)c2N2C=CNC2OS(=O)(=O)O)CCN1C(=O)OC(C)(C)C. The van der Waals surface area contributed by atoms with E-state index in [1.54, 1.807) is 48.7 Å². The van der Waals surface area contributed by atoms with Crippen molar-refractivity contribution in [2.75, 3.05) is 11.4 Å². The van der Waals surface area contributed by atoms with Crippen molar-refractivity contribution in [1.29, 1.82) is 0 Å². The highest BCUT2D eigenvalue weighted by molar-refractivity contribution is 7.80. The monoisotopic (exact) mass is 535 g/mol. The van der Waals surface area contributed by atoms with Crippen molar-refractivity contribution in [3.05, 3.63) is 53.2 Å². The van der Waals surface area contributed by atoms with Crippen LogP contribution in [-0.2, 0) is 25.7 Å². The summed E-state index contributed by atoms with van der Waals surface area (Å²) in [5, 5.41) is 7.55. The van der Waals surface area contributed by atoms with E-state index in [-0.39, 0.29) is 11.7 Å². The van der Waals surface area contributed by atoms with Gasteiger partial charge < -0.3 is 15.0 Å². The smallest absolute Gasteiger partial charge is 0.410 e. The average Bonchev–Trinajstić information content (AvgIpc) is 3.41. The van der Waals surface area contributed by atoms with E-state index in [9.17, 15) is 22.2 Å². The molecule has 0 radical (unpaired) electrons. The number of benzene rings is 1. The molecular weight excluding hydrogens is 505 g/mol. The molecule has 2 N–H and O–H groups in total. The van der Waals surface area contributed by atoms with Crippen molar-refractivity contribution < 1.29 is 31.1 Å². The minimum Gasteiger partial charge on any atom is -0.444 e. The summed E-state index contributed by atoms with van der Waals surface area (Å²) in [5.74, 6) is 0.280. The van der Waals surface area contributed by atoms with Crippen LogP contribution in [0.3, 0.4) is 0 Å². The Morgan fingerprint density at radius 1 is 1.27 bits per heavy atom. The summed E-state index contributed by atoms with van der Waals surface area (Å²) in [6.45, 7) is 7.58. The van der Waals surface area contributed by atoms with Gasteiger partial charge in [0, 0.05) is 30.9 Å². The van der Waals surface area contributed by atoms with Gasteiger partial charge >= 0.3 is 16.5 Å². The Kier molecular flexibility index (Phi) is 6.20. The fraction of sp³-hybridized carbons (Fsp3) is 0.500. The largest absolute Gasteiger partial charge is 0.444 e. The number of ether oxygens (including phenoxy) is 1. The number of rotatable bonds is 5. The van der Waals surface area contributed by atoms with Crippen molar-refractivity contribution in [3.8, 4) is 5.69 Å². The lowest BCUT2D eigenvalue weighted by atomic mass is 9.99. The zero-order valence-corrected chi connectivity index (χ0v) is 21.8. The van der Waals surface area contributed by atoms with E-state index in [4.69, 9.17) is 14.0 Å². The molecule has 11 nitrogen and oxygen atoms in total. The first kappa shape index (κ1) is 25.5. The van der Waals surface area contributed by atoms with E-state index in [0.29, 0.717) is 41.3 Å². The van der Waals surface area contributed by atoms with E-state index in [0.717, 1.165) is 12.8 Å². The van der Waals surface area contributed by atoms with Crippen molar-refractivity contribution in [3.63, 3.8) is 0 Å².